The van der Waals surface area contributed by atoms with E-state index in [0.717, 1.165) is 8.25 Å². The molecule has 1 aromatic carbocycles. The van der Waals surface area contributed by atoms with Crippen LogP contribution in [0.2, 0.25) is 0 Å². The van der Waals surface area contributed by atoms with Crippen LogP contribution in [0.4, 0.5) is 52.7 Å². The summed E-state index contributed by atoms with van der Waals surface area (Å²) in [5.74, 6) is 0.653. The van der Waals surface area contributed by atoms with Crippen LogP contribution in [0.25, 0.3) is 8.25 Å². The first-order chi connectivity index (χ1) is 17.1. The molecule has 0 saturated heterocycles. The normalized spacial score (nSPS) is 13.8. The van der Waals surface area contributed by atoms with Gasteiger partial charge < -0.3 is 8.25 Å². The zero-order chi connectivity index (χ0) is 33.0. The van der Waals surface area contributed by atoms with Gasteiger partial charge in [-0.25, -0.2) is 33.7 Å². The fourth-order valence-electron chi connectivity index (χ4n) is 1.38. The average Bonchev–Trinajstić information content (AvgIpc) is 2.64. The molecule has 244 valence electrons. The largest absolute Gasteiger partial charge is 2.00 e. The minimum absolute atomic E-state index is 0. The van der Waals surface area contributed by atoms with E-state index in [1.807, 2.05) is 0 Å². The number of hydrogen-bond donors (Lipinski definition) is 0. The van der Waals surface area contributed by atoms with Crippen molar-refractivity contribution in [2.45, 2.75) is 48.7 Å². The molecule has 0 amide bonds. The first-order valence-electron chi connectivity index (χ1n) is 8.91. The van der Waals surface area contributed by atoms with Crippen LogP contribution in [0.1, 0.15) is 30.9 Å². The van der Waals surface area contributed by atoms with Gasteiger partial charge in [0, 0.05) is 0 Å². The number of sulfonamides is 4. The topological polar surface area (TPSA) is 165 Å². The van der Waals surface area contributed by atoms with Crippen LogP contribution >= 0.6 is 0 Å². The Morgan fingerprint density at radius 2 is 0.707 bits per heavy atom. The Labute approximate surface area is 237 Å². The van der Waals surface area contributed by atoms with Gasteiger partial charge in [-0.2, -0.15) is 52.7 Å². The van der Waals surface area contributed by atoms with Gasteiger partial charge in [0.25, 0.3) is 0 Å². The molecule has 0 fully saturated rings. The van der Waals surface area contributed by atoms with Crippen LogP contribution in [0.5, 0.6) is 0 Å². The van der Waals surface area contributed by atoms with Gasteiger partial charge in [-0.15, -0.1) is 0 Å². The van der Waals surface area contributed by atoms with Crippen LogP contribution in [0.15, 0.2) is 24.3 Å². The number of rotatable bonds is 5. The average molecular weight is 796 g/mol. The summed E-state index contributed by atoms with van der Waals surface area (Å²) in [6.07, 6.45) is 0. The fourth-order valence-corrected chi connectivity index (χ4v) is 4.80. The molecule has 0 heterocycles. The standard InChI is InChI=1S/C10H14.2C2F6NO4S2.Ru/c1-8(2)10-6-4-9(3)5-7-10;2*3-1(4,5)14(10,11)9-15(12,13)2(6,7)8;/h4-8H,1-3H3;;;/q;2*-1;+2. The summed E-state index contributed by atoms with van der Waals surface area (Å²) in [5, 5.41) is 0. The molecule has 27 heteroatoms. The predicted octanol–water partition coefficient (Wildman–Crippen LogP) is 5.23. The minimum atomic E-state index is -6.72. The molecule has 0 aliphatic carbocycles. The Balaban J connectivity index is -0.000000532. The summed E-state index contributed by atoms with van der Waals surface area (Å²) in [6.45, 7) is 6.54. The molecule has 1 aromatic rings. The Morgan fingerprint density at radius 1 is 0.512 bits per heavy atom. The number of alkyl halides is 12. The minimum Gasteiger partial charge on any atom is -0.421 e. The van der Waals surface area contributed by atoms with E-state index in [1.165, 1.54) is 11.1 Å². The fraction of sp³-hybridized carbons (Fsp3) is 0.571. The molecule has 0 atom stereocenters. The number of halogens is 12. The van der Waals surface area contributed by atoms with Crippen molar-refractivity contribution in [3.05, 3.63) is 43.6 Å². The predicted molar refractivity (Wildman–Crippen MR) is 112 cm³/mol. The van der Waals surface area contributed by atoms with Gasteiger partial charge in [-0.1, -0.05) is 43.7 Å². The van der Waals surface area contributed by atoms with Gasteiger partial charge in [-0.05, 0) is 18.4 Å². The Hall–Kier alpha value is -1.28. The third kappa shape index (κ3) is 14.2. The van der Waals surface area contributed by atoms with Crippen LogP contribution < -0.4 is 0 Å². The number of benzene rings is 1. The van der Waals surface area contributed by atoms with Crippen LogP contribution in [-0.4, -0.2) is 55.7 Å². The molecule has 0 unspecified atom stereocenters. The summed E-state index contributed by atoms with van der Waals surface area (Å²) in [4.78, 5) is 0. The maximum atomic E-state index is 11.4. The Morgan fingerprint density at radius 3 is 0.854 bits per heavy atom. The molecule has 0 radical (unpaired) electrons. The molecule has 0 spiro atoms. The molecule has 0 bridgehead atoms. The van der Waals surface area contributed by atoms with Gasteiger partial charge in [-0.3, -0.25) is 0 Å². The molecule has 0 aromatic heterocycles. The third-order valence-electron chi connectivity index (χ3n) is 3.31. The number of nitrogens with zero attached hydrogens (tertiary/aromatic N) is 2. The van der Waals surface area contributed by atoms with E-state index in [2.05, 4.69) is 45.0 Å². The summed E-state index contributed by atoms with van der Waals surface area (Å²) in [5.41, 5.74) is -22.1. The summed E-state index contributed by atoms with van der Waals surface area (Å²) >= 11 is 0. The van der Waals surface area contributed by atoms with Crippen molar-refractivity contribution in [2.24, 2.45) is 0 Å². The SMILES string of the molecule is Cc1ccc(C(C)C)cc1.O=S(=O)([N-]S(=O)(=O)C(F)(F)F)C(F)(F)F.O=S(=O)([N-]S(=O)(=O)C(F)(F)F)C(F)(F)F.[Ru+2]. The zero-order valence-electron chi connectivity index (χ0n) is 19.6. The molecule has 0 saturated carbocycles. The molecular weight excluding hydrogens is 781 g/mol. The van der Waals surface area contributed by atoms with Crippen molar-refractivity contribution in [1.29, 1.82) is 0 Å². The van der Waals surface area contributed by atoms with Crippen molar-refractivity contribution in [3.8, 4) is 0 Å². The van der Waals surface area contributed by atoms with Crippen molar-refractivity contribution in [1.82, 2.24) is 0 Å². The second-order valence-electron chi connectivity index (χ2n) is 6.90. The van der Waals surface area contributed by atoms with E-state index in [-0.39, 0.29) is 19.5 Å². The van der Waals surface area contributed by atoms with E-state index in [1.54, 1.807) is 0 Å². The van der Waals surface area contributed by atoms with Crippen LogP contribution in [-0.2, 0) is 59.6 Å². The summed E-state index contributed by atoms with van der Waals surface area (Å²) < 4.78 is 218. The molecule has 10 nitrogen and oxygen atoms in total. The van der Waals surface area contributed by atoms with Crippen molar-refractivity contribution >= 4 is 40.1 Å². The van der Waals surface area contributed by atoms with E-state index >= 15 is 0 Å². The van der Waals surface area contributed by atoms with Crippen molar-refractivity contribution in [2.75, 3.05) is 0 Å². The first kappa shape index (κ1) is 44.2. The second kappa shape index (κ2) is 14.5. The second-order valence-corrected chi connectivity index (χ2v) is 13.7. The van der Waals surface area contributed by atoms with Gasteiger partial charge in [0.2, 0.25) is 0 Å². The van der Waals surface area contributed by atoms with Crippen LogP contribution in [0, 0.1) is 6.92 Å². The maximum Gasteiger partial charge on any atom is 2.00 e. The zero-order valence-corrected chi connectivity index (χ0v) is 24.6. The summed E-state index contributed by atoms with van der Waals surface area (Å²) in [6, 6.07) is 8.71. The summed E-state index contributed by atoms with van der Waals surface area (Å²) in [7, 11) is -26.9. The Kier molecular flexibility index (Phi) is 15.6. The molecular formula is C14H14F12N2O8RuS4. The van der Waals surface area contributed by atoms with Crippen molar-refractivity contribution in [3.63, 3.8) is 0 Å². The Bertz CT molecular complexity index is 1250. The molecule has 0 N–H and O–H groups in total. The number of aryl methyl sites for hydroxylation is 1. The molecule has 0 aliphatic rings. The maximum absolute atomic E-state index is 11.4. The van der Waals surface area contributed by atoms with Crippen molar-refractivity contribution < 1.29 is 106 Å². The third-order valence-corrected chi connectivity index (χ3v) is 8.79. The van der Waals surface area contributed by atoms with Gasteiger partial charge in [0.1, 0.15) is 0 Å². The first-order valence-corrected chi connectivity index (χ1v) is 14.7. The van der Waals surface area contributed by atoms with Crippen LogP contribution in [0.3, 0.4) is 0 Å². The molecule has 1 rings (SSSR count). The van der Waals surface area contributed by atoms with E-state index < -0.39 is 62.1 Å². The quantitative estimate of drug-likeness (QED) is 0.289. The number of hydrogen-bond acceptors (Lipinski definition) is 8. The van der Waals surface area contributed by atoms with E-state index in [9.17, 15) is 86.4 Å². The molecule has 0 aliphatic heterocycles. The van der Waals surface area contributed by atoms with E-state index in [4.69, 9.17) is 0 Å². The smallest absolute Gasteiger partial charge is 0.421 e. The van der Waals surface area contributed by atoms with E-state index in [0.29, 0.717) is 5.92 Å². The molecule has 41 heavy (non-hydrogen) atoms. The monoisotopic (exact) mass is 796 g/mol. The van der Waals surface area contributed by atoms with Gasteiger partial charge >= 0.3 is 41.5 Å². The van der Waals surface area contributed by atoms with Gasteiger partial charge in [0.05, 0.1) is 0 Å². The van der Waals surface area contributed by atoms with Gasteiger partial charge in [0.15, 0.2) is 40.1 Å².